The highest BCUT2D eigenvalue weighted by atomic mass is 127. The minimum Gasteiger partial charge on any atom is -0.327 e. The van der Waals surface area contributed by atoms with Gasteiger partial charge in [-0.15, -0.1) is 0 Å². The molecule has 2 nitrogen and oxygen atoms in total. The highest BCUT2D eigenvalue weighted by Gasteiger charge is 2.15. The van der Waals surface area contributed by atoms with Crippen LogP contribution < -0.4 is 5.73 Å². The number of hydrogen-bond donors (Lipinski definition) is 2. The largest absolute Gasteiger partial charge is 0.327 e. The van der Waals surface area contributed by atoms with Crippen LogP contribution >= 0.6 is 30.1 Å². The van der Waals surface area contributed by atoms with Crippen LogP contribution in [-0.4, -0.2) is 12.3 Å². The van der Waals surface area contributed by atoms with Gasteiger partial charge in [-0.05, 0) is 39.3 Å². The average molecular weight is 320 g/mol. The average Bonchev–Trinajstić information content (AvgIpc) is 2.19. The molecule has 0 heterocycles. The quantitative estimate of drug-likeness (QED) is 0.661. The van der Waals surface area contributed by atoms with Gasteiger partial charge in [-0.2, -0.15) is 0 Å². The van der Waals surface area contributed by atoms with Crippen LogP contribution in [0.2, 0.25) is 0 Å². The molecule has 2 atom stereocenters. The third-order valence-electron chi connectivity index (χ3n) is 2.01. The predicted molar refractivity (Wildman–Crippen MR) is 72.3 cm³/mol. The van der Waals surface area contributed by atoms with E-state index in [4.69, 9.17) is 11.1 Å². The van der Waals surface area contributed by atoms with Crippen LogP contribution in [0.3, 0.4) is 0 Å². The first kappa shape index (κ1) is 12.0. The Balaban J connectivity index is 2.89. The lowest BCUT2D eigenvalue weighted by Crippen LogP contribution is -2.21. The molecular formula is C10H13IN2S. The summed E-state index contributed by atoms with van der Waals surface area (Å²) in [5, 5.41) is 7.42. The standard InChI is InChI=1S/C10H13IN2S/c1-7(13)10(14-11)9-4-2-8(6-12)3-5-9/h2-7,10,12H,13H2,1H3. The molecule has 0 aliphatic heterocycles. The summed E-state index contributed by atoms with van der Waals surface area (Å²) in [4.78, 5) is 0. The molecule has 76 valence electrons. The minimum atomic E-state index is 0.141. The molecule has 0 radical (unpaired) electrons. The monoisotopic (exact) mass is 320 g/mol. The molecule has 0 fully saturated rings. The van der Waals surface area contributed by atoms with E-state index in [1.807, 2.05) is 31.2 Å². The van der Waals surface area contributed by atoms with Gasteiger partial charge < -0.3 is 11.1 Å². The molecule has 0 saturated heterocycles. The first-order valence-corrected chi connectivity index (χ1v) is 7.74. The number of benzene rings is 1. The topological polar surface area (TPSA) is 49.9 Å². The van der Waals surface area contributed by atoms with Crippen LogP contribution in [0.4, 0.5) is 0 Å². The fourth-order valence-corrected chi connectivity index (χ4v) is 3.91. The van der Waals surface area contributed by atoms with Crippen LogP contribution in [0.5, 0.6) is 0 Å². The van der Waals surface area contributed by atoms with Crippen LogP contribution in [0.15, 0.2) is 24.3 Å². The van der Waals surface area contributed by atoms with Gasteiger partial charge in [-0.25, -0.2) is 0 Å². The van der Waals surface area contributed by atoms with Crippen molar-refractivity contribution in [3.63, 3.8) is 0 Å². The second-order valence-corrected chi connectivity index (χ2v) is 5.39. The van der Waals surface area contributed by atoms with Gasteiger partial charge in [-0.1, -0.05) is 33.2 Å². The lowest BCUT2D eigenvalue weighted by Gasteiger charge is -2.17. The van der Waals surface area contributed by atoms with Crippen molar-refractivity contribution in [2.24, 2.45) is 5.73 Å². The molecule has 4 heteroatoms. The van der Waals surface area contributed by atoms with Crippen LogP contribution in [0.25, 0.3) is 0 Å². The molecular weight excluding hydrogens is 307 g/mol. The Morgan fingerprint density at radius 2 is 2.00 bits per heavy atom. The first-order chi connectivity index (χ1) is 6.69. The summed E-state index contributed by atoms with van der Waals surface area (Å²) in [6.07, 6.45) is 1.35. The van der Waals surface area contributed by atoms with Gasteiger partial charge in [0.2, 0.25) is 0 Å². The van der Waals surface area contributed by atoms with E-state index in [0.29, 0.717) is 5.25 Å². The van der Waals surface area contributed by atoms with E-state index in [2.05, 4.69) is 21.2 Å². The lowest BCUT2D eigenvalue weighted by molar-refractivity contribution is 0.725. The minimum absolute atomic E-state index is 0.141. The van der Waals surface area contributed by atoms with Crippen molar-refractivity contribution in [1.29, 1.82) is 5.41 Å². The fraction of sp³-hybridized carbons (Fsp3) is 0.300. The van der Waals surface area contributed by atoms with Gasteiger partial charge in [0.1, 0.15) is 0 Å². The summed E-state index contributed by atoms with van der Waals surface area (Å²) >= 11 is 2.28. The van der Waals surface area contributed by atoms with Gasteiger partial charge >= 0.3 is 0 Å². The van der Waals surface area contributed by atoms with Gasteiger partial charge in [0, 0.05) is 12.3 Å². The van der Waals surface area contributed by atoms with Crippen molar-refractivity contribution < 1.29 is 0 Å². The zero-order valence-corrected chi connectivity index (χ0v) is 10.9. The maximum Gasteiger partial charge on any atom is 0.0545 e. The summed E-state index contributed by atoms with van der Waals surface area (Å²) in [5.74, 6) is 0. The molecule has 0 aliphatic rings. The Hall–Kier alpha value is -0.0700. The van der Waals surface area contributed by atoms with Gasteiger partial charge in [-0.3, -0.25) is 0 Å². The summed E-state index contributed by atoms with van der Waals surface area (Å²) in [7, 11) is 1.73. The molecule has 0 bridgehead atoms. The Kier molecular flexibility index (Phi) is 4.91. The number of rotatable bonds is 4. The summed E-state index contributed by atoms with van der Waals surface area (Å²) < 4.78 is 0. The van der Waals surface area contributed by atoms with Crippen LogP contribution in [0.1, 0.15) is 23.3 Å². The highest BCUT2D eigenvalue weighted by molar-refractivity contribution is 14.2. The number of nitrogens with one attached hydrogen (secondary N) is 1. The Morgan fingerprint density at radius 3 is 2.36 bits per heavy atom. The SMILES string of the molecule is CC(N)C(SI)c1ccc(C=N)cc1. The normalized spacial score (nSPS) is 14.8. The molecule has 14 heavy (non-hydrogen) atoms. The maximum absolute atomic E-state index is 7.09. The second kappa shape index (κ2) is 5.72. The van der Waals surface area contributed by atoms with E-state index >= 15 is 0 Å². The molecule has 0 aliphatic carbocycles. The van der Waals surface area contributed by atoms with Crippen molar-refractivity contribution in [2.45, 2.75) is 18.2 Å². The molecule has 0 aromatic heterocycles. The van der Waals surface area contributed by atoms with Crippen molar-refractivity contribution in [2.75, 3.05) is 0 Å². The van der Waals surface area contributed by atoms with E-state index in [1.54, 1.807) is 8.93 Å². The molecule has 1 aromatic rings. The van der Waals surface area contributed by atoms with Gasteiger partial charge in [0.05, 0.1) is 5.25 Å². The van der Waals surface area contributed by atoms with Gasteiger partial charge in [0.25, 0.3) is 0 Å². The first-order valence-electron chi connectivity index (χ1n) is 4.32. The van der Waals surface area contributed by atoms with E-state index in [1.165, 1.54) is 11.8 Å². The lowest BCUT2D eigenvalue weighted by atomic mass is 10.1. The Morgan fingerprint density at radius 1 is 1.43 bits per heavy atom. The number of halogens is 1. The second-order valence-electron chi connectivity index (χ2n) is 3.18. The third-order valence-corrected chi connectivity index (χ3v) is 4.54. The highest BCUT2D eigenvalue weighted by Crippen LogP contribution is 2.35. The van der Waals surface area contributed by atoms with Crippen LogP contribution in [-0.2, 0) is 0 Å². The van der Waals surface area contributed by atoms with Crippen LogP contribution in [0, 0.1) is 5.41 Å². The molecule has 0 amide bonds. The Labute approximate surface area is 101 Å². The predicted octanol–water partition coefficient (Wildman–Crippen LogP) is 3.16. The smallest absolute Gasteiger partial charge is 0.0545 e. The van der Waals surface area contributed by atoms with Crippen molar-refractivity contribution >= 4 is 36.4 Å². The van der Waals surface area contributed by atoms with Crippen molar-refractivity contribution in [3.8, 4) is 0 Å². The van der Waals surface area contributed by atoms with E-state index in [0.717, 1.165) is 5.56 Å². The number of hydrogen-bond acceptors (Lipinski definition) is 3. The maximum atomic E-state index is 7.09. The molecule has 0 spiro atoms. The fourth-order valence-electron chi connectivity index (χ4n) is 1.22. The van der Waals surface area contributed by atoms with E-state index in [9.17, 15) is 0 Å². The summed E-state index contributed by atoms with van der Waals surface area (Å²) in [6, 6.07) is 8.12. The van der Waals surface area contributed by atoms with E-state index < -0.39 is 0 Å². The summed E-state index contributed by atoms with van der Waals surface area (Å²) in [6.45, 7) is 2.01. The van der Waals surface area contributed by atoms with E-state index in [-0.39, 0.29) is 6.04 Å². The zero-order valence-electron chi connectivity index (χ0n) is 7.91. The third kappa shape index (κ3) is 2.96. The summed E-state index contributed by atoms with van der Waals surface area (Å²) in [5.41, 5.74) is 8.03. The molecule has 1 aromatic carbocycles. The molecule has 3 N–H and O–H groups in total. The molecule has 0 saturated carbocycles. The molecule has 2 unspecified atom stereocenters. The van der Waals surface area contributed by atoms with Crippen molar-refractivity contribution in [1.82, 2.24) is 0 Å². The molecule has 1 rings (SSSR count). The van der Waals surface area contributed by atoms with Crippen molar-refractivity contribution in [3.05, 3.63) is 35.4 Å². The zero-order chi connectivity index (χ0) is 10.6. The number of nitrogens with two attached hydrogens (primary N) is 1. The van der Waals surface area contributed by atoms with Gasteiger partial charge in [0.15, 0.2) is 0 Å². The Bertz CT molecular complexity index is 297.